The summed E-state index contributed by atoms with van der Waals surface area (Å²) in [7, 11) is 0. The lowest BCUT2D eigenvalue weighted by Crippen LogP contribution is -2.39. The minimum Gasteiger partial charge on any atom is -0.463 e. The van der Waals surface area contributed by atoms with Crippen molar-refractivity contribution in [3.8, 4) is 11.3 Å². The highest BCUT2D eigenvalue weighted by molar-refractivity contribution is 7.98. The van der Waals surface area contributed by atoms with Gasteiger partial charge >= 0.3 is 11.9 Å². The van der Waals surface area contributed by atoms with Gasteiger partial charge in [-0.1, -0.05) is 29.5 Å². The third-order valence-electron chi connectivity index (χ3n) is 6.92. The fourth-order valence-electron chi connectivity index (χ4n) is 4.95. The highest BCUT2D eigenvalue weighted by Gasteiger charge is 2.33. The Balaban J connectivity index is 1.54. The lowest BCUT2D eigenvalue weighted by Gasteiger charge is -2.24. The number of nitrogens with zero attached hydrogens (tertiary/aromatic N) is 2. The van der Waals surface area contributed by atoms with Crippen molar-refractivity contribution < 1.29 is 23.5 Å². The number of carbonyl (C=O) groups excluding carboxylic acids is 2. The smallest absolute Gasteiger partial charge is 0.338 e. The van der Waals surface area contributed by atoms with Crippen molar-refractivity contribution in [3.63, 3.8) is 0 Å². The van der Waals surface area contributed by atoms with E-state index in [1.165, 1.54) is 11.3 Å². The zero-order valence-electron chi connectivity index (χ0n) is 24.8. The monoisotopic (exact) mass is 616 g/mol. The summed E-state index contributed by atoms with van der Waals surface area (Å²) in [5.74, 6) is 0.226. The molecule has 10 heteroatoms. The Morgan fingerprint density at radius 1 is 1.09 bits per heavy atom. The van der Waals surface area contributed by atoms with Crippen molar-refractivity contribution in [1.82, 2.24) is 4.57 Å². The van der Waals surface area contributed by atoms with Gasteiger partial charge in [0.05, 0.1) is 40.1 Å². The Hall–Kier alpha value is -4.15. The van der Waals surface area contributed by atoms with Gasteiger partial charge in [0, 0.05) is 16.5 Å². The number of thiazole rings is 1. The van der Waals surface area contributed by atoms with Crippen molar-refractivity contribution in [2.24, 2.45) is 4.99 Å². The minimum absolute atomic E-state index is 0.206. The number of allylic oxidation sites excluding steroid dienone is 1. The summed E-state index contributed by atoms with van der Waals surface area (Å²) in [5, 5.41) is 0. The molecule has 222 valence electrons. The van der Waals surface area contributed by atoms with Crippen molar-refractivity contribution in [1.29, 1.82) is 0 Å². The van der Waals surface area contributed by atoms with Crippen LogP contribution in [0.25, 0.3) is 17.4 Å². The fourth-order valence-corrected chi connectivity index (χ4v) is 6.38. The maximum Gasteiger partial charge on any atom is 0.338 e. The predicted octanol–water partition coefficient (Wildman–Crippen LogP) is 5.65. The van der Waals surface area contributed by atoms with Crippen molar-refractivity contribution in [2.75, 3.05) is 12.9 Å². The molecule has 0 bridgehead atoms. The molecule has 0 fully saturated rings. The summed E-state index contributed by atoms with van der Waals surface area (Å²) in [5.41, 5.74) is 3.52. The number of hydrogen-bond donors (Lipinski definition) is 0. The van der Waals surface area contributed by atoms with Gasteiger partial charge in [0.1, 0.15) is 11.5 Å². The molecule has 1 aliphatic rings. The Morgan fingerprint density at radius 2 is 1.84 bits per heavy atom. The van der Waals surface area contributed by atoms with E-state index in [9.17, 15) is 14.4 Å². The first-order chi connectivity index (χ1) is 20.6. The summed E-state index contributed by atoms with van der Waals surface area (Å²) in [4.78, 5) is 45.5. The molecule has 0 saturated carbocycles. The third kappa shape index (κ3) is 6.16. The summed E-state index contributed by atoms with van der Waals surface area (Å²) in [6.07, 6.45) is 3.48. The predicted molar refractivity (Wildman–Crippen MR) is 168 cm³/mol. The van der Waals surface area contributed by atoms with Crippen LogP contribution in [0.3, 0.4) is 0 Å². The number of aromatic nitrogens is 1. The first kappa shape index (κ1) is 30.3. The van der Waals surface area contributed by atoms with Crippen LogP contribution in [-0.2, 0) is 14.3 Å². The second-order valence-corrected chi connectivity index (χ2v) is 12.1. The SMILES string of the molecule is CCOC(=O)C1=C(C)N=c2s/c(=C/c3ccc(-c4ccc(C(=O)OC(C)C)cc4C)o3)c(=O)n2[C@H]1c1ccc(SC)cc1. The normalized spacial score (nSPS) is 15.0. The molecule has 4 aromatic rings. The molecule has 1 aliphatic heterocycles. The highest BCUT2D eigenvalue weighted by atomic mass is 32.2. The molecule has 0 aliphatic carbocycles. The lowest BCUT2D eigenvalue weighted by molar-refractivity contribution is -0.139. The van der Waals surface area contributed by atoms with Gasteiger partial charge in [-0.2, -0.15) is 0 Å². The van der Waals surface area contributed by atoms with E-state index in [1.54, 1.807) is 54.5 Å². The van der Waals surface area contributed by atoms with E-state index in [0.29, 0.717) is 37.7 Å². The zero-order chi connectivity index (χ0) is 30.8. The van der Waals surface area contributed by atoms with Gasteiger partial charge in [-0.3, -0.25) is 9.36 Å². The number of thioether (sulfide) groups is 1. The van der Waals surface area contributed by atoms with Crippen LogP contribution in [0.5, 0.6) is 0 Å². The van der Waals surface area contributed by atoms with Gasteiger partial charge in [0.15, 0.2) is 4.80 Å². The van der Waals surface area contributed by atoms with Gasteiger partial charge in [-0.05, 0) is 88.4 Å². The van der Waals surface area contributed by atoms with Gasteiger partial charge in [-0.25, -0.2) is 14.6 Å². The molecule has 3 heterocycles. The molecule has 2 aromatic carbocycles. The number of ether oxygens (including phenoxy) is 2. The molecule has 1 atom stereocenters. The van der Waals surface area contributed by atoms with E-state index in [0.717, 1.165) is 21.6 Å². The molecule has 2 aromatic heterocycles. The van der Waals surface area contributed by atoms with E-state index in [4.69, 9.17) is 13.9 Å². The quantitative estimate of drug-likeness (QED) is 0.186. The Bertz CT molecular complexity index is 1910. The van der Waals surface area contributed by atoms with E-state index < -0.39 is 12.0 Å². The highest BCUT2D eigenvalue weighted by Crippen LogP contribution is 2.32. The molecule has 8 nitrogen and oxygen atoms in total. The average Bonchev–Trinajstić information content (AvgIpc) is 3.56. The second kappa shape index (κ2) is 12.6. The average molecular weight is 617 g/mol. The first-order valence-corrected chi connectivity index (χ1v) is 15.9. The topological polar surface area (TPSA) is 100 Å². The summed E-state index contributed by atoms with van der Waals surface area (Å²) < 4.78 is 18.8. The third-order valence-corrected chi connectivity index (χ3v) is 8.65. The lowest BCUT2D eigenvalue weighted by atomic mass is 9.96. The maximum absolute atomic E-state index is 13.9. The first-order valence-electron chi connectivity index (χ1n) is 13.9. The van der Waals surface area contributed by atoms with Crippen LogP contribution in [0.4, 0.5) is 0 Å². The number of furan rings is 1. The van der Waals surface area contributed by atoms with E-state index in [1.807, 2.05) is 63.4 Å². The van der Waals surface area contributed by atoms with Gasteiger partial charge < -0.3 is 13.9 Å². The fraction of sp³-hybridized carbons (Fsp3) is 0.273. The molecule has 0 radical (unpaired) electrons. The Morgan fingerprint density at radius 3 is 2.49 bits per heavy atom. The zero-order valence-corrected chi connectivity index (χ0v) is 26.4. The minimum atomic E-state index is -0.677. The number of fused-ring (bicyclic) bond motifs is 1. The Kier molecular flexibility index (Phi) is 8.89. The standard InChI is InChI=1S/C33H32N2O6S2/c1-7-39-32(38)28-20(5)34-33-35(29(28)21-8-12-24(42-6)13-9-21)30(36)27(43-33)17-23-11-15-26(41-23)25-14-10-22(16-19(25)4)31(37)40-18(2)3/h8-18,29H,7H2,1-6H3/b27-17+/t29-/m0/s1. The van der Waals surface area contributed by atoms with Gasteiger partial charge in [0.25, 0.3) is 5.56 Å². The number of carbonyl (C=O) groups is 2. The van der Waals surface area contributed by atoms with Gasteiger partial charge in [-0.15, -0.1) is 11.8 Å². The Labute approximate surface area is 257 Å². The van der Waals surface area contributed by atoms with Crippen molar-refractivity contribution in [3.05, 3.63) is 108 Å². The van der Waals surface area contributed by atoms with E-state index in [-0.39, 0.29) is 24.2 Å². The summed E-state index contributed by atoms with van der Waals surface area (Å²) in [6, 6.07) is 16.1. The molecule has 0 unspecified atom stereocenters. The van der Waals surface area contributed by atoms with Crippen molar-refractivity contribution >= 4 is 41.1 Å². The van der Waals surface area contributed by atoms with Gasteiger partial charge in [0.2, 0.25) is 0 Å². The molecule has 0 saturated heterocycles. The summed E-state index contributed by atoms with van der Waals surface area (Å²) in [6.45, 7) is 9.25. The van der Waals surface area contributed by atoms with Crippen molar-refractivity contribution in [2.45, 2.75) is 51.7 Å². The van der Waals surface area contributed by atoms with Crippen LogP contribution in [0.15, 0.2) is 85.0 Å². The number of aryl methyl sites for hydroxylation is 1. The molecule has 0 N–H and O–H groups in total. The van der Waals surface area contributed by atoms with Crippen LogP contribution >= 0.6 is 23.1 Å². The van der Waals surface area contributed by atoms with E-state index in [2.05, 4.69) is 4.99 Å². The van der Waals surface area contributed by atoms with Crippen LogP contribution in [0.1, 0.15) is 61.0 Å². The number of hydrogen-bond acceptors (Lipinski definition) is 9. The van der Waals surface area contributed by atoms with Crippen LogP contribution in [-0.4, -0.2) is 35.5 Å². The van der Waals surface area contributed by atoms with E-state index >= 15 is 0 Å². The molecule has 0 spiro atoms. The largest absolute Gasteiger partial charge is 0.463 e. The van der Waals surface area contributed by atoms with Crippen LogP contribution in [0, 0.1) is 6.92 Å². The summed E-state index contributed by atoms with van der Waals surface area (Å²) >= 11 is 2.85. The molecule has 0 amide bonds. The maximum atomic E-state index is 13.9. The number of esters is 2. The number of benzene rings is 2. The molecular weight excluding hydrogens is 585 g/mol. The molecule has 43 heavy (non-hydrogen) atoms. The number of rotatable bonds is 8. The molecule has 5 rings (SSSR count). The van der Waals surface area contributed by atoms with Crippen LogP contribution in [0.2, 0.25) is 0 Å². The second-order valence-electron chi connectivity index (χ2n) is 10.3. The molecular formula is C33H32N2O6S2. The van der Waals surface area contributed by atoms with Crippen LogP contribution < -0.4 is 14.9 Å².